The van der Waals surface area contributed by atoms with Crippen molar-refractivity contribution in [3.63, 3.8) is 0 Å². The van der Waals surface area contributed by atoms with Crippen LogP contribution >= 0.6 is 0 Å². The number of rotatable bonds is 3. The minimum atomic E-state index is 0.552. The van der Waals surface area contributed by atoms with Crippen LogP contribution in [0, 0.1) is 0 Å². The van der Waals surface area contributed by atoms with Crippen LogP contribution in [0.2, 0.25) is 0 Å². The van der Waals surface area contributed by atoms with Gasteiger partial charge in [0.05, 0.1) is 7.11 Å². The Hall–Kier alpha value is -1.87. The maximum atomic E-state index is 5.62. The Kier molecular flexibility index (Phi) is 3.17. The average molecular weight is 214 g/mol. The molecule has 2 rings (SSSR count). The molecule has 1 aromatic heterocycles. The Morgan fingerprint density at radius 2 is 2.00 bits per heavy atom. The molecule has 2 aromatic rings. The number of nitrogens with two attached hydrogens (primary N) is 1. The maximum absolute atomic E-state index is 5.62. The lowest BCUT2D eigenvalue weighted by molar-refractivity contribution is 0.398. The molecule has 0 fully saturated rings. The Labute approximate surface area is 94.9 Å². The molecule has 1 aromatic carbocycles. The second-order valence-corrected chi connectivity index (χ2v) is 3.49. The van der Waals surface area contributed by atoms with Crippen LogP contribution in [0.4, 0.5) is 0 Å². The van der Waals surface area contributed by atoms with Crippen LogP contribution in [0.1, 0.15) is 5.56 Å². The molecule has 3 nitrogen and oxygen atoms in total. The smallest absolute Gasteiger partial charge is 0.213 e. The lowest BCUT2D eigenvalue weighted by atomic mass is 10.0. The molecule has 0 saturated carbocycles. The molecule has 0 aliphatic rings. The van der Waals surface area contributed by atoms with E-state index >= 15 is 0 Å². The summed E-state index contributed by atoms with van der Waals surface area (Å²) in [6, 6.07) is 12.0. The van der Waals surface area contributed by atoms with E-state index in [-0.39, 0.29) is 0 Å². The quantitative estimate of drug-likeness (QED) is 0.852. The van der Waals surface area contributed by atoms with Gasteiger partial charge in [-0.3, -0.25) is 0 Å². The van der Waals surface area contributed by atoms with E-state index < -0.39 is 0 Å². The summed E-state index contributed by atoms with van der Waals surface area (Å²) in [6.45, 7) is 0.552. The highest BCUT2D eigenvalue weighted by Gasteiger charge is 2.00. The van der Waals surface area contributed by atoms with Gasteiger partial charge in [-0.2, -0.15) is 0 Å². The van der Waals surface area contributed by atoms with E-state index in [0.717, 1.165) is 16.7 Å². The molecule has 0 unspecified atom stereocenters. The standard InChI is InChI=1S/C13H14N2O/c1-16-13-8-12(5-6-15-13)11-4-2-3-10(7-11)9-14/h2-8H,9,14H2,1H3. The Morgan fingerprint density at radius 3 is 2.75 bits per heavy atom. The van der Waals surface area contributed by atoms with E-state index in [9.17, 15) is 0 Å². The highest BCUT2D eigenvalue weighted by Crippen LogP contribution is 2.22. The molecule has 0 spiro atoms. The summed E-state index contributed by atoms with van der Waals surface area (Å²) < 4.78 is 5.10. The van der Waals surface area contributed by atoms with Crippen LogP contribution in [-0.2, 0) is 6.54 Å². The summed E-state index contributed by atoms with van der Waals surface area (Å²) in [5, 5.41) is 0. The lowest BCUT2D eigenvalue weighted by Gasteiger charge is -2.05. The third-order valence-electron chi connectivity index (χ3n) is 2.44. The predicted molar refractivity (Wildman–Crippen MR) is 64.1 cm³/mol. The van der Waals surface area contributed by atoms with E-state index in [1.165, 1.54) is 0 Å². The van der Waals surface area contributed by atoms with E-state index in [1.54, 1.807) is 13.3 Å². The van der Waals surface area contributed by atoms with Gasteiger partial charge in [-0.25, -0.2) is 4.98 Å². The number of nitrogens with zero attached hydrogens (tertiary/aromatic N) is 1. The number of benzene rings is 1. The van der Waals surface area contributed by atoms with Crippen molar-refractivity contribution in [1.29, 1.82) is 0 Å². The first kappa shape index (κ1) is 10.6. The van der Waals surface area contributed by atoms with Gasteiger partial charge in [0.2, 0.25) is 5.88 Å². The number of methoxy groups -OCH3 is 1. The van der Waals surface area contributed by atoms with Crippen molar-refractivity contribution < 1.29 is 4.74 Å². The van der Waals surface area contributed by atoms with Crippen LogP contribution in [0.25, 0.3) is 11.1 Å². The van der Waals surface area contributed by atoms with Gasteiger partial charge in [0.15, 0.2) is 0 Å². The molecule has 0 atom stereocenters. The zero-order valence-electron chi connectivity index (χ0n) is 9.18. The van der Waals surface area contributed by atoms with Gasteiger partial charge in [-0.15, -0.1) is 0 Å². The van der Waals surface area contributed by atoms with E-state index in [4.69, 9.17) is 10.5 Å². The number of ether oxygens (including phenoxy) is 1. The third-order valence-corrected chi connectivity index (χ3v) is 2.44. The van der Waals surface area contributed by atoms with Crippen molar-refractivity contribution in [3.8, 4) is 17.0 Å². The van der Waals surface area contributed by atoms with Crippen LogP contribution in [0.15, 0.2) is 42.6 Å². The SMILES string of the molecule is COc1cc(-c2cccc(CN)c2)ccn1. The summed E-state index contributed by atoms with van der Waals surface area (Å²) in [5.41, 5.74) is 8.95. The van der Waals surface area contributed by atoms with Gasteiger partial charge in [0.1, 0.15) is 0 Å². The lowest BCUT2D eigenvalue weighted by Crippen LogP contribution is -1.95. The van der Waals surface area contributed by atoms with Crippen molar-refractivity contribution in [2.75, 3.05) is 7.11 Å². The summed E-state index contributed by atoms with van der Waals surface area (Å²) in [4.78, 5) is 4.08. The van der Waals surface area contributed by atoms with Gasteiger partial charge in [-0.05, 0) is 28.8 Å². The molecule has 0 saturated heterocycles. The highest BCUT2D eigenvalue weighted by molar-refractivity contribution is 5.64. The minimum Gasteiger partial charge on any atom is -0.481 e. The molecular weight excluding hydrogens is 200 g/mol. The molecular formula is C13H14N2O. The van der Waals surface area contributed by atoms with Gasteiger partial charge in [0.25, 0.3) is 0 Å². The molecule has 0 aliphatic heterocycles. The van der Waals surface area contributed by atoms with Crippen LogP contribution in [0.3, 0.4) is 0 Å². The summed E-state index contributed by atoms with van der Waals surface area (Å²) >= 11 is 0. The van der Waals surface area contributed by atoms with E-state index in [2.05, 4.69) is 11.1 Å². The fourth-order valence-electron chi connectivity index (χ4n) is 1.58. The summed E-state index contributed by atoms with van der Waals surface area (Å²) in [5.74, 6) is 0.621. The maximum Gasteiger partial charge on any atom is 0.213 e. The molecule has 0 amide bonds. The molecule has 82 valence electrons. The summed E-state index contributed by atoms with van der Waals surface area (Å²) in [6.07, 6.45) is 1.74. The second-order valence-electron chi connectivity index (χ2n) is 3.49. The molecule has 1 heterocycles. The number of aromatic nitrogens is 1. The second kappa shape index (κ2) is 4.77. The molecule has 0 aliphatic carbocycles. The van der Waals surface area contributed by atoms with Gasteiger partial charge in [-0.1, -0.05) is 18.2 Å². The average Bonchev–Trinajstić information content (AvgIpc) is 2.39. The van der Waals surface area contributed by atoms with Crippen molar-refractivity contribution in [3.05, 3.63) is 48.2 Å². The van der Waals surface area contributed by atoms with Gasteiger partial charge in [0, 0.05) is 18.8 Å². The van der Waals surface area contributed by atoms with Crippen LogP contribution in [0.5, 0.6) is 5.88 Å². The molecule has 3 heteroatoms. The third kappa shape index (κ3) is 2.20. The largest absolute Gasteiger partial charge is 0.481 e. The van der Waals surface area contributed by atoms with E-state index in [0.29, 0.717) is 12.4 Å². The zero-order valence-corrected chi connectivity index (χ0v) is 9.18. The monoisotopic (exact) mass is 214 g/mol. The topological polar surface area (TPSA) is 48.1 Å². The fourth-order valence-corrected chi connectivity index (χ4v) is 1.58. The first-order valence-electron chi connectivity index (χ1n) is 5.13. The highest BCUT2D eigenvalue weighted by atomic mass is 16.5. The predicted octanol–water partition coefficient (Wildman–Crippen LogP) is 2.22. The molecule has 0 bridgehead atoms. The number of hydrogen-bond acceptors (Lipinski definition) is 3. The zero-order chi connectivity index (χ0) is 11.4. The molecule has 0 radical (unpaired) electrons. The van der Waals surface area contributed by atoms with Crippen molar-refractivity contribution in [1.82, 2.24) is 4.98 Å². The summed E-state index contributed by atoms with van der Waals surface area (Å²) in [7, 11) is 1.61. The van der Waals surface area contributed by atoms with Crippen LogP contribution < -0.4 is 10.5 Å². The Bertz CT molecular complexity index is 437. The first-order valence-corrected chi connectivity index (χ1v) is 5.13. The van der Waals surface area contributed by atoms with E-state index in [1.807, 2.05) is 30.3 Å². The Morgan fingerprint density at radius 1 is 1.19 bits per heavy atom. The number of pyridine rings is 1. The van der Waals surface area contributed by atoms with Gasteiger partial charge >= 0.3 is 0 Å². The Balaban J connectivity index is 2.41. The minimum absolute atomic E-state index is 0.552. The van der Waals surface area contributed by atoms with Crippen LogP contribution in [-0.4, -0.2) is 12.1 Å². The molecule has 2 N–H and O–H groups in total. The van der Waals surface area contributed by atoms with Crippen molar-refractivity contribution in [2.45, 2.75) is 6.54 Å². The van der Waals surface area contributed by atoms with Gasteiger partial charge < -0.3 is 10.5 Å². The van der Waals surface area contributed by atoms with Crippen molar-refractivity contribution >= 4 is 0 Å². The molecule has 16 heavy (non-hydrogen) atoms. The van der Waals surface area contributed by atoms with Crippen molar-refractivity contribution in [2.24, 2.45) is 5.73 Å². The first-order chi connectivity index (χ1) is 7.83. The fraction of sp³-hybridized carbons (Fsp3) is 0.154. The normalized spacial score (nSPS) is 10.1. The number of hydrogen-bond donors (Lipinski definition) is 1.